The molecule has 3 aromatic rings. The number of aliphatic carboxylic acids is 1. The number of hydrogen-bond donors (Lipinski definition) is 3. The van der Waals surface area contributed by atoms with Crippen LogP contribution in [0, 0.1) is 0 Å². The van der Waals surface area contributed by atoms with Gasteiger partial charge in [-0.25, -0.2) is 0 Å². The maximum atomic E-state index is 13.4. The Bertz CT molecular complexity index is 1370. The van der Waals surface area contributed by atoms with Crippen molar-refractivity contribution in [1.82, 2.24) is 9.88 Å². The summed E-state index contributed by atoms with van der Waals surface area (Å²) in [5, 5.41) is 21.8. The van der Waals surface area contributed by atoms with Gasteiger partial charge in [0.15, 0.2) is 0 Å². The maximum absolute atomic E-state index is 13.4. The van der Waals surface area contributed by atoms with Crippen LogP contribution in [0.2, 0.25) is 0 Å². The molecule has 2 heterocycles. The number of carboxylic acids is 1. The molecule has 2 aromatic carbocycles. The summed E-state index contributed by atoms with van der Waals surface area (Å²) < 4.78 is 46.0. The quantitative estimate of drug-likeness (QED) is 0.456. The Kier molecular flexibility index (Phi) is 6.02. The smallest absolute Gasteiger partial charge is 0.416 e. The van der Waals surface area contributed by atoms with E-state index >= 15 is 0 Å². The van der Waals surface area contributed by atoms with Crippen molar-refractivity contribution in [3.8, 4) is 11.5 Å². The number of rotatable bonds is 5. The number of carbonyl (C=O) groups is 2. The number of ether oxygens (including phenoxy) is 1. The Labute approximate surface area is 197 Å². The van der Waals surface area contributed by atoms with Gasteiger partial charge in [0.25, 0.3) is 11.5 Å². The number of nitrogens with one attached hydrogen (secondary N) is 1. The minimum atomic E-state index is -4.49. The fourth-order valence-electron chi connectivity index (χ4n) is 3.89. The second kappa shape index (κ2) is 8.67. The first kappa shape index (κ1) is 23.6. The van der Waals surface area contributed by atoms with Gasteiger partial charge in [0.1, 0.15) is 30.2 Å². The molecule has 1 aliphatic heterocycles. The van der Waals surface area contributed by atoms with Gasteiger partial charge < -0.3 is 20.3 Å². The van der Waals surface area contributed by atoms with Crippen LogP contribution in [0.15, 0.2) is 45.7 Å². The Morgan fingerprint density at radius 3 is 2.47 bits per heavy atom. The molecule has 178 valence electrons. The van der Waals surface area contributed by atoms with E-state index in [0.29, 0.717) is 10.0 Å². The van der Waals surface area contributed by atoms with Crippen molar-refractivity contribution < 1.29 is 37.7 Å². The molecule has 1 aromatic heterocycles. The number of amides is 1. The van der Waals surface area contributed by atoms with Crippen LogP contribution in [0.25, 0.3) is 10.9 Å². The van der Waals surface area contributed by atoms with Crippen molar-refractivity contribution in [2.45, 2.75) is 18.6 Å². The Hall–Kier alpha value is -3.54. The molecule has 3 N–H and O–H groups in total. The van der Waals surface area contributed by atoms with Crippen LogP contribution < -0.4 is 15.6 Å². The third-order valence-electron chi connectivity index (χ3n) is 5.41. The Morgan fingerprint density at radius 1 is 1.18 bits per heavy atom. The van der Waals surface area contributed by atoms with Gasteiger partial charge in [-0.3, -0.25) is 19.0 Å². The van der Waals surface area contributed by atoms with Gasteiger partial charge in [-0.15, -0.1) is 0 Å². The molecule has 0 radical (unpaired) electrons. The monoisotopic (exact) mass is 540 g/mol. The van der Waals surface area contributed by atoms with E-state index in [9.17, 15) is 32.7 Å². The highest BCUT2D eigenvalue weighted by Gasteiger charge is 2.33. The van der Waals surface area contributed by atoms with Crippen molar-refractivity contribution in [2.24, 2.45) is 0 Å². The summed E-state index contributed by atoms with van der Waals surface area (Å²) >= 11 is 3.29. The molecule has 0 saturated heterocycles. The average Bonchev–Trinajstić information content (AvgIpc) is 2.76. The second-order valence-corrected chi connectivity index (χ2v) is 8.46. The van der Waals surface area contributed by atoms with Crippen LogP contribution in [0.5, 0.6) is 11.5 Å². The van der Waals surface area contributed by atoms with Gasteiger partial charge in [0, 0.05) is 4.47 Å². The first-order valence-electron chi connectivity index (χ1n) is 9.87. The number of nitrogens with zero attached hydrogens (tertiary/aromatic N) is 1. The zero-order chi connectivity index (χ0) is 24.8. The van der Waals surface area contributed by atoms with Crippen LogP contribution in [-0.4, -0.2) is 39.8 Å². The molecule has 34 heavy (non-hydrogen) atoms. The standard InChI is InChI=1S/C22H16BrF3N2O6/c23-13-5-6-14-18-16(13)19(31)17(20(32)27-8-15(29)30)21(33)28(18)12(9-34-14)7-10-1-3-11(4-2-10)22(24,25)26/h1-6,12,31H,7-9H2,(H,27,32)(H,29,30). The van der Waals surface area contributed by atoms with Crippen molar-refractivity contribution in [3.05, 3.63) is 67.9 Å². The van der Waals surface area contributed by atoms with E-state index in [1.54, 1.807) is 12.1 Å². The number of hydrogen-bond acceptors (Lipinski definition) is 5. The zero-order valence-corrected chi connectivity index (χ0v) is 18.7. The highest BCUT2D eigenvalue weighted by atomic mass is 79.9. The number of benzene rings is 2. The third-order valence-corrected chi connectivity index (χ3v) is 6.07. The van der Waals surface area contributed by atoms with E-state index in [-0.39, 0.29) is 29.7 Å². The summed E-state index contributed by atoms with van der Waals surface area (Å²) in [6.07, 6.45) is -4.39. The van der Waals surface area contributed by atoms with E-state index in [1.165, 1.54) is 16.7 Å². The minimum absolute atomic E-state index is 0.0222. The molecular formula is C22H16BrF3N2O6. The molecule has 0 saturated carbocycles. The summed E-state index contributed by atoms with van der Waals surface area (Å²) in [5.41, 5.74) is -1.65. The predicted molar refractivity (Wildman–Crippen MR) is 117 cm³/mol. The number of halogens is 4. The fourth-order valence-corrected chi connectivity index (χ4v) is 4.39. The van der Waals surface area contributed by atoms with Crippen molar-refractivity contribution in [1.29, 1.82) is 0 Å². The molecule has 1 aliphatic rings. The molecule has 1 atom stereocenters. The summed E-state index contributed by atoms with van der Waals surface area (Å²) in [4.78, 5) is 36.8. The molecule has 1 unspecified atom stereocenters. The van der Waals surface area contributed by atoms with E-state index < -0.39 is 53.1 Å². The number of aromatic hydroxyl groups is 1. The van der Waals surface area contributed by atoms with E-state index in [4.69, 9.17) is 9.84 Å². The van der Waals surface area contributed by atoms with Crippen LogP contribution in [0.1, 0.15) is 27.5 Å². The number of alkyl halides is 3. The number of carboxylic acid groups (broad SMARTS) is 1. The van der Waals surface area contributed by atoms with Gasteiger partial charge in [-0.2, -0.15) is 13.2 Å². The van der Waals surface area contributed by atoms with Crippen molar-refractivity contribution in [3.63, 3.8) is 0 Å². The van der Waals surface area contributed by atoms with E-state index in [2.05, 4.69) is 21.2 Å². The molecule has 0 aliphatic carbocycles. The number of carbonyl (C=O) groups excluding carboxylic acids is 1. The predicted octanol–water partition coefficient (Wildman–Crippen LogP) is 3.48. The molecule has 0 spiro atoms. The largest absolute Gasteiger partial charge is 0.506 e. The number of pyridine rings is 1. The average molecular weight is 541 g/mol. The van der Waals surface area contributed by atoms with Crippen LogP contribution in [0.4, 0.5) is 13.2 Å². The van der Waals surface area contributed by atoms with Crippen LogP contribution in [0.3, 0.4) is 0 Å². The summed E-state index contributed by atoms with van der Waals surface area (Å²) in [5.74, 6) is -2.79. The third kappa shape index (κ3) is 4.20. The molecule has 4 rings (SSSR count). The lowest BCUT2D eigenvalue weighted by Crippen LogP contribution is -2.39. The molecule has 1 amide bonds. The SMILES string of the molecule is O=C(O)CNC(=O)c1c(O)c2c(Br)ccc3c2n(c1=O)C(Cc1ccc(C(F)(F)F)cc1)CO3. The zero-order valence-electron chi connectivity index (χ0n) is 17.1. The fraction of sp³-hybridized carbons (Fsp3) is 0.227. The van der Waals surface area contributed by atoms with Gasteiger partial charge >= 0.3 is 12.1 Å². The Balaban J connectivity index is 1.84. The van der Waals surface area contributed by atoms with Crippen LogP contribution >= 0.6 is 15.9 Å². The topological polar surface area (TPSA) is 118 Å². The van der Waals surface area contributed by atoms with Crippen molar-refractivity contribution >= 4 is 38.7 Å². The summed E-state index contributed by atoms with van der Waals surface area (Å²) in [6.45, 7) is -0.791. The molecule has 0 fully saturated rings. The second-order valence-electron chi connectivity index (χ2n) is 7.61. The van der Waals surface area contributed by atoms with Crippen molar-refractivity contribution in [2.75, 3.05) is 13.2 Å². The van der Waals surface area contributed by atoms with Gasteiger partial charge in [0.05, 0.1) is 22.5 Å². The van der Waals surface area contributed by atoms with Gasteiger partial charge in [-0.1, -0.05) is 12.1 Å². The number of aromatic nitrogens is 1. The molecule has 8 nitrogen and oxygen atoms in total. The molecular weight excluding hydrogens is 525 g/mol. The highest BCUT2D eigenvalue weighted by Crippen LogP contribution is 2.41. The lowest BCUT2D eigenvalue weighted by Gasteiger charge is -2.29. The molecule has 0 bridgehead atoms. The summed E-state index contributed by atoms with van der Waals surface area (Å²) in [7, 11) is 0. The normalized spacial score (nSPS) is 15.1. The van der Waals surface area contributed by atoms with E-state index in [1.807, 2.05) is 0 Å². The summed E-state index contributed by atoms with van der Waals surface area (Å²) in [6, 6.07) is 6.86. The van der Waals surface area contributed by atoms with Gasteiger partial charge in [-0.05, 0) is 52.2 Å². The van der Waals surface area contributed by atoms with Gasteiger partial charge in [0.2, 0.25) is 0 Å². The van der Waals surface area contributed by atoms with Crippen LogP contribution in [-0.2, 0) is 17.4 Å². The molecule has 12 heteroatoms. The highest BCUT2D eigenvalue weighted by molar-refractivity contribution is 9.10. The minimum Gasteiger partial charge on any atom is -0.506 e. The Morgan fingerprint density at radius 2 is 1.85 bits per heavy atom. The lowest BCUT2D eigenvalue weighted by atomic mass is 10.0. The first-order chi connectivity index (χ1) is 16.0. The maximum Gasteiger partial charge on any atom is 0.416 e. The van der Waals surface area contributed by atoms with E-state index in [0.717, 1.165) is 12.1 Å². The lowest BCUT2D eigenvalue weighted by molar-refractivity contribution is -0.138. The first-order valence-corrected chi connectivity index (χ1v) is 10.7.